The first-order valence-corrected chi connectivity index (χ1v) is 8.23. The molecule has 20 heavy (non-hydrogen) atoms. The molecule has 1 saturated heterocycles. The molecule has 2 atom stereocenters. The van der Waals surface area contributed by atoms with Crippen LogP contribution in [0.3, 0.4) is 0 Å². The van der Waals surface area contributed by atoms with Gasteiger partial charge >= 0.3 is 0 Å². The van der Waals surface area contributed by atoms with Crippen LogP contribution in [-0.4, -0.2) is 18.6 Å². The Morgan fingerprint density at radius 2 is 2.00 bits per heavy atom. The van der Waals surface area contributed by atoms with Crippen LogP contribution < -0.4 is 10.2 Å². The monoisotopic (exact) mass is 272 g/mol. The first-order chi connectivity index (χ1) is 9.63. The Hall–Kier alpha value is -1.02. The third kappa shape index (κ3) is 3.17. The van der Waals surface area contributed by atoms with Gasteiger partial charge in [0.1, 0.15) is 0 Å². The van der Waals surface area contributed by atoms with Gasteiger partial charge in [-0.25, -0.2) is 0 Å². The summed E-state index contributed by atoms with van der Waals surface area (Å²) in [6.45, 7) is 9.24. The molecule has 3 rings (SSSR count). The molecular formula is C18H28N2. The zero-order valence-corrected chi connectivity index (χ0v) is 13.2. The Balaban J connectivity index is 1.68. The highest BCUT2D eigenvalue weighted by Crippen LogP contribution is 2.29. The molecule has 0 bridgehead atoms. The smallest absolute Gasteiger partial charge is 0.0371 e. The molecule has 0 radical (unpaired) electrons. The van der Waals surface area contributed by atoms with Gasteiger partial charge in [-0.15, -0.1) is 0 Å². The van der Waals surface area contributed by atoms with E-state index in [4.69, 9.17) is 0 Å². The predicted molar refractivity (Wildman–Crippen MR) is 86.2 cm³/mol. The quantitative estimate of drug-likeness (QED) is 0.895. The molecule has 110 valence electrons. The maximum absolute atomic E-state index is 3.61. The Labute approximate surface area is 123 Å². The average Bonchev–Trinajstić information content (AvgIpc) is 3.21. The molecule has 2 unspecified atom stereocenters. The largest absolute Gasteiger partial charge is 0.369 e. The summed E-state index contributed by atoms with van der Waals surface area (Å²) in [7, 11) is 0. The lowest BCUT2D eigenvalue weighted by Crippen LogP contribution is -2.40. The fraction of sp³-hybridized carbons (Fsp3) is 0.667. The molecule has 2 heteroatoms. The van der Waals surface area contributed by atoms with E-state index in [0.29, 0.717) is 6.04 Å². The van der Waals surface area contributed by atoms with Crippen LogP contribution in [0.5, 0.6) is 0 Å². The van der Waals surface area contributed by atoms with Crippen molar-refractivity contribution in [2.75, 3.05) is 11.4 Å². The topological polar surface area (TPSA) is 15.3 Å². The van der Waals surface area contributed by atoms with Gasteiger partial charge in [0, 0.05) is 30.9 Å². The Kier molecular flexibility index (Phi) is 4.02. The van der Waals surface area contributed by atoms with Crippen LogP contribution in [0.2, 0.25) is 0 Å². The van der Waals surface area contributed by atoms with E-state index in [-0.39, 0.29) is 0 Å². The lowest BCUT2D eigenvalue weighted by molar-refractivity contribution is 0.378. The summed E-state index contributed by atoms with van der Waals surface area (Å²) >= 11 is 0. The number of anilines is 1. The molecule has 1 aromatic rings. The minimum absolute atomic E-state index is 0.675. The van der Waals surface area contributed by atoms with Crippen LogP contribution in [0.25, 0.3) is 0 Å². The van der Waals surface area contributed by atoms with Crippen LogP contribution >= 0.6 is 0 Å². The van der Waals surface area contributed by atoms with Gasteiger partial charge in [0.25, 0.3) is 0 Å². The highest BCUT2D eigenvalue weighted by molar-refractivity contribution is 5.52. The molecule has 1 heterocycles. The highest BCUT2D eigenvalue weighted by atomic mass is 15.2. The van der Waals surface area contributed by atoms with Crippen LogP contribution in [0, 0.1) is 12.8 Å². The lowest BCUT2D eigenvalue weighted by Gasteiger charge is -2.38. The number of rotatable bonds is 4. The second-order valence-corrected chi connectivity index (χ2v) is 6.94. The average molecular weight is 272 g/mol. The normalized spacial score (nSPS) is 26.9. The van der Waals surface area contributed by atoms with Crippen molar-refractivity contribution in [3.8, 4) is 0 Å². The van der Waals surface area contributed by atoms with Crippen molar-refractivity contribution in [3.63, 3.8) is 0 Å². The number of benzene rings is 1. The Bertz CT molecular complexity index is 464. The zero-order valence-electron chi connectivity index (χ0n) is 13.2. The summed E-state index contributed by atoms with van der Waals surface area (Å²) in [5, 5.41) is 3.61. The van der Waals surface area contributed by atoms with Crippen molar-refractivity contribution in [1.29, 1.82) is 0 Å². The van der Waals surface area contributed by atoms with Crippen molar-refractivity contribution in [3.05, 3.63) is 29.3 Å². The molecule has 1 N–H and O–H groups in total. The molecule has 2 aliphatic rings. The van der Waals surface area contributed by atoms with E-state index in [9.17, 15) is 0 Å². The van der Waals surface area contributed by atoms with Crippen molar-refractivity contribution >= 4 is 5.69 Å². The molecule has 2 nitrogen and oxygen atoms in total. The van der Waals surface area contributed by atoms with Crippen LogP contribution in [0.15, 0.2) is 18.2 Å². The minimum atomic E-state index is 0.675. The number of aryl methyl sites for hydroxylation is 1. The van der Waals surface area contributed by atoms with Gasteiger partial charge in [0.2, 0.25) is 0 Å². The Morgan fingerprint density at radius 1 is 1.20 bits per heavy atom. The molecule has 1 aromatic carbocycles. The fourth-order valence-corrected chi connectivity index (χ4v) is 3.39. The second-order valence-electron chi connectivity index (χ2n) is 6.94. The molecule has 0 aromatic heterocycles. The van der Waals surface area contributed by atoms with Gasteiger partial charge < -0.3 is 10.2 Å². The van der Waals surface area contributed by atoms with Gasteiger partial charge in [-0.1, -0.05) is 13.0 Å². The zero-order chi connectivity index (χ0) is 14.1. The van der Waals surface area contributed by atoms with E-state index in [1.165, 1.54) is 49.0 Å². The standard InChI is InChI=1S/C18H28N2/c1-13-8-9-20(15(3)10-13)18-7-4-16(14(2)11-18)12-19-17-5-6-17/h4,7,11,13,15,17,19H,5-6,8-10,12H2,1-3H3. The molecular weight excluding hydrogens is 244 g/mol. The second kappa shape index (κ2) is 5.77. The summed E-state index contributed by atoms with van der Waals surface area (Å²) in [4.78, 5) is 2.59. The highest BCUT2D eigenvalue weighted by Gasteiger charge is 2.23. The van der Waals surface area contributed by atoms with E-state index in [2.05, 4.69) is 49.2 Å². The summed E-state index contributed by atoms with van der Waals surface area (Å²) in [6, 6.07) is 8.50. The van der Waals surface area contributed by atoms with Crippen molar-refractivity contribution < 1.29 is 0 Å². The number of nitrogens with zero attached hydrogens (tertiary/aromatic N) is 1. The van der Waals surface area contributed by atoms with Gasteiger partial charge in [-0.2, -0.15) is 0 Å². The third-order valence-corrected chi connectivity index (χ3v) is 4.95. The first-order valence-electron chi connectivity index (χ1n) is 8.23. The first kappa shape index (κ1) is 13.9. The summed E-state index contributed by atoms with van der Waals surface area (Å²) < 4.78 is 0. The maximum atomic E-state index is 3.61. The molecule has 1 aliphatic heterocycles. The lowest BCUT2D eigenvalue weighted by atomic mass is 9.92. The van der Waals surface area contributed by atoms with E-state index in [1.54, 1.807) is 0 Å². The number of nitrogens with one attached hydrogen (secondary N) is 1. The minimum Gasteiger partial charge on any atom is -0.369 e. The number of piperidine rings is 1. The predicted octanol–water partition coefficient (Wildman–Crippen LogP) is 3.87. The molecule has 0 spiro atoms. The number of hydrogen-bond acceptors (Lipinski definition) is 2. The van der Waals surface area contributed by atoms with Crippen molar-refractivity contribution in [2.24, 2.45) is 5.92 Å². The molecule has 2 fully saturated rings. The third-order valence-electron chi connectivity index (χ3n) is 4.95. The van der Waals surface area contributed by atoms with Crippen LogP contribution in [-0.2, 0) is 6.54 Å². The SMILES string of the molecule is Cc1cc(N2CCC(C)CC2C)ccc1CNC1CC1. The molecule has 1 saturated carbocycles. The summed E-state index contributed by atoms with van der Waals surface area (Å²) in [6.07, 6.45) is 5.37. The van der Waals surface area contributed by atoms with Crippen LogP contribution in [0.1, 0.15) is 50.7 Å². The van der Waals surface area contributed by atoms with Gasteiger partial charge in [0.15, 0.2) is 0 Å². The van der Waals surface area contributed by atoms with Gasteiger partial charge in [0.05, 0.1) is 0 Å². The van der Waals surface area contributed by atoms with Crippen molar-refractivity contribution in [2.45, 2.75) is 65.1 Å². The molecule has 0 amide bonds. The van der Waals surface area contributed by atoms with E-state index >= 15 is 0 Å². The van der Waals surface area contributed by atoms with Gasteiger partial charge in [-0.3, -0.25) is 0 Å². The van der Waals surface area contributed by atoms with Crippen LogP contribution in [0.4, 0.5) is 5.69 Å². The van der Waals surface area contributed by atoms with E-state index in [1.807, 2.05) is 0 Å². The maximum Gasteiger partial charge on any atom is 0.0371 e. The van der Waals surface area contributed by atoms with Crippen molar-refractivity contribution in [1.82, 2.24) is 5.32 Å². The Morgan fingerprint density at radius 3 is 2.65 bits per heavy atom. The van der Waals surface area contributed by atoms with E-state index in [0.717, 1.165) is 18.5 Å². The van der Waals surface area contributed by atoms with E-state index < -0.39 is 0 Å². The fourth-order valence-electron chi connectivity index (χ4n) is 3.39. The summed E-state index contributed by atoms with van der Waals surface area (Å²) in [5.41, 5.74) is 4.30. The van der Waals surface area contributed by atoms with Gasteiger partial charge in [-0.05, 0) is 68.7 Å². The number of hydrogen-bond donors (Lipinski definition) is 1. The summed E-state index contributed by atoms with van der Waals surface area (Å²) in [5.74, 6) is 0.879. The molecule has 1 aliphatic carbocycles.